The van der Waals surface area contributed by atoms with Crippen LogP contribution in [0.3, 0.4) is 0 Å². The summed E-state index contributed by atoms with van der Waals surface area (Å²) < 4.78 is 3.89. The maximum atomic E-state index is 5.53. The van der Waals surface area contributed by atoms with Crippen LogP contribution in [-0.2, 0) is 7.05 Å². The lowest BCUT2D eigenvalue weighted by Crippen LogP contribution is -3.00. The lowest BCUT2D eigenvalue weighted by Gasteiger charge is -1.94. The quantitative estimate of drug-likeness (QED) is 0.460. The van der Waals surface area contributed by atoms with Crippen LogP contribution in [0.1, 0.15) is 0 Å². The Bertz CT molecular complexity index is 407. The Labute approximate surface area is 99.4 Å². The third-order valence-electron chi connectivity index (χ3n) is 1.80. The number of anilines is 1. The number of nitrogens with two attached hydrogens (primary N) is 1. The van der Waals surface area contributed by atoms with Crippen LogP contribution < -0.4 is 34.3 Å². The molecule has 0 amide bonds. The second-order valence-electron chi connectivity index (χ2n) is 2.94. The topological polar surface area (TPSA) is 47.7 Å². The molecule has 2 heterocycles. The SMILES string of the molecule is C[n+]1ccn(-c2ccc(N)cn2)c1.[I-]. The van der Waals surface area contributed by atoms with E-state index in [1.54, 1.807) is 6.20 Å². The highest BCUT2D eigenvalue weighted by molar-refractivity contribution is 5.38. The van der Waals surface area contributed by atoms with Gasteiger partial charge in [-0.2, -0.15) is 4.57 Å². The first kappa shape index (κ1) is 11.0. The van der Waals surface area contributed by atoms with Gasteiger partial charge in [-0.25, -0.2) is 9.55 Å². The first-order chi connectivity index (χ1) is 6.25. The van der Waals surface area contributed by atoms with Crippen molar-refractivity contribution in [3.8, 4) is 5.82 Å². The van der Waals surface area contributed by atoms with Gasteiger partial charge in [-0.1, -0.05) is 0 Å². The van der Waals surface area contributed by atoms with E-state index in [4.69, 9.17) is 5.73 Å². The number of aromatic nitrogens is 3. The summed E-state index contributed by atoms with van der Waals surface area (Å²) >= 11 is 0. The molecule has 0 aliphatic carbocycles. The van der Waals surface area contributed by atoms with Gasteiger partial charge in [-0.05, 0) is 6.07 Å². The molecule has 0 spiro atoms. The van der Waals surface area contributed by atoms with Crippen molar-refractivity contribution in [3.63, 3.8) is 0 Å². The van der Waals surface area contributed by atoms with Gasteiger partial charge in [0.15, 0.2) is 0 Å². The number of nitrogen functional groups attached to an aromatic ring is 1. The summed E-state index contributed by atoms with van der Waals surface area (Å²) in [5.74, 6) is 0.870. The fourth-order valence-electron chi connectivity index (χ4n) is 1.14. The Hall–Kier alpha value is -1.11. The fraction of sp³-hybridized carbons (Fsp3) is 0.111. The molecular weight excluding hydrogens is 291 g/mol. The number of nitrogens with zero attached hydrogens (tertiary/aromatic N) is 3. The summed E-state index contributed by atoms with van der Waals surface area (Å²) in [7, 11) is 1.97. The Morgan fingerprint density at radius 2 is 2.21 bits per heavy atom. The number of rotatable bonds is 1. The molecule has 2 rings (SSSR count). The van der Waals surface area contributed by atoms with E-state index >= 15 is 0 Å². The molecule has 0 atom stereocenters. The van der Waals surface area contributed by atoms with Gasteiger partial charge in [-0.15, -0.1) is 0 Å². The average Bonchev–Trinajstić information content (AvgIpc) is 2.53. The summed E-state index contributed by atoms with van der Waals surface area (Å²) in [6.07, 6.45) is 7.49. The van der Waals surface area contributed by atoms with E-state index in [1.807, 2.05) is 47.0 Å². The zero-order chi connectivity index (χ0) is 9.26. The maximum absolute atomic E-state index is 5.53. The van der Waals surface area contributed by atoms with Crippen molar-refractivity contribution < 1.29 is 28.5 Å². The first-order valence-electron chi connectivity index (χ1n) is 4.01. The highest BCUT2D eigenvalue weighted by atomic mass is 127. The van der Waals surface area contributed by atoms with Crippen LogP contribution in [-0.4, -0.2) is 9.55 Å². The molecule has 4 nitrogen and oxygen atoms in total. The van der Waals surface area contributed by atoms with Crippen LogP contribution in [0, 0.1) is 0 Å². The smallest absolute Gasteiger partial charge is 0.250 e. The molecule has 0 radical (unpaired) electrons. The minimum Gasteiger partial charge on any atom is -1.00 e. The molecule has 0 saturated heterocycles. The van der Waals surface area contributed by atoms with Crippen molar-refractivity contribution in [1.82, 2.24) is 9.55 Å². The fourth-order valence-corrected chi connectivity index (χ4v) is 1.14. The summed E-state index contributed by atoms with van der Waals surface area (Å²) in [5, 5.41) is 0. The zero-order valence-corrected chi connectivity index (χ0v) is 9.92. The van der Waals surface area contributed by atoms with Crippen LogP contribution in [0.5, 0.6) is 0 Å². The van der Waals surface area contributed by atoms with E-state index in [0.29, 0.717) is 5.69 Å². The number of pyridine rings is 1. The zero-order valence-electron chi connectivity index (χ0n) is 7.76. The Balaban J connectivity index is 0.000000980. The number of hydrogen-bond donors (Lipinski definition) is 1. The van der Waals surface area contributed by atoms with Crippen molar-refractivity contribution in [2.24, 2.45) is 7.05 Å². The minimum atomic E-state index is 0. The van der Waals surface area contributed by atoms with Crippen molar-refractivity contribution >= 4 is 5.69 Å². The second-order valence-corrected chi connectivity index (χ2v) is 2.94. The van der Waals surface area contributed by atoms with Crippen LogP contribution in [0.2, 0.25) is 0 Å². The summed E-state index contributed by atoms with van der Waals surface area (Å²) in [6.45, 7) is 0. The Kier molecular flexibility index (Phi) is 3.45. The molecule has 74 valence electrons. The van der Waals surface area contributed by atoms with E-state index in [-0.39, 0.29) is 24.0 Å². The third-order valence-corrected chi connectivity index (χ3v) is 1.80. The van der Waals surface area contributed by atoms with E-state index in [9.17, 15) is 0 Å². The Morgan fingerprint density at radius 3 is 2.71 bits per heavy atom. The normalized spacial score (nSPS) is 9.50. The lowest BCUT2D eigenvalue weighted by molar-refractivity contribution is -0.670. The standard InChI is InChI=1S/C9H11N4.HI/c1-12-4-5-13(7-12)9-3-2-8(10)6-11-9;/h2-7H,10H2,1H3;1H/q+1;/p-1. The second kappa shape index (κ2) is 4.41. The van der Waals surface area contributed by atoms with Crippen LogP contribution in [0.4, 0.5) is 5.69 Å². The number of imidazole rings is 1. The highest BCUT2D eigenvalue weighted by Gasteiger charge is 2.03. The number of hydrogen-bond acceptors (Lipinski definition) is 2. The largest absolute Gasteiger partial charge is 1.00 e. The summed E-state index contributed by atoms with van der Waals surface area (Å²) in [4.78, 5) is 4.19. The highest BCUT2D eigenvalue weighted by Crippen LogP contribution is 2.04. The minimum absolute atomic E-state index is 0. The number of aryl methyl sites for hydroxylation is 1. The molecule has 0 aliphatic heterocycles. The van der Waals surface area contributed by atoms with Crippen molar-refractivity contribution in [3.05, 3.63) is 37.1 Å². The third kappa shape index (κ3) is 2.22. The number of halogens is 1. The first-order valence-corrected chi connectivity index (χ1v) is 4.01. The van der Waals surface area contributed by atoms with Crippen LogP contribution >= 0.6 is 0 Å². The summed E-state index contributed by atoms with van der Waals surface area (Å²) in [5.41, 5.74) is 6.21. The Morgan fingerprint density at radius 1 is 1.43 bits per heavy atom. The van der Waals surface area contributed by atoms with Crippen molar-refractivity contribution in [2.45, 2.75) is 0 Å². The molecule has 2 aromatic rings. The van der Waals surface area contributed by atoms with Gasteiger partial charge in [0, 0.05) is 6.07 Å². The molecule has 2 aromatic heterocycles. The molecule has 5 heteroatoms. The van der Waals surface area contributed by atoms with Crippen LogP contribution in [0.25, 0.3) is 5.82 Å². The van der Waals surface area contributed by atoms with Crippen LogP contribution in [0.15, 0.2) is 37.1 Å². The molecule has 0 aromatic carbocycles. The van der Waals surface area contributed by atoms with E-state index in [1.165, 1.54) is 0 Å². The summed E-state index contributed by atoms with van der Waals surface area (Å²) in [6, 6.07) is 3.72. The molecular formula is C9H11IN4. The van der Waals surface area contributed by atoms with Gasteiger partial charge in [-0.3, -0.25) is 0 Å². The predicted molar refractivity (Wildman–Crippen MR) is 49.2 cm³/mol. The van der Waals surface area contributed by atoms with Gasteiger partial charge in [0.25, 0.3) is 0 Å². The molecule has 14 heavy (non-hydrogen) atoms. The molecule has 0 saturated carbocycles. The van der Waals surface area contributed by atoms with Gasteiger partial charge < -0.3 is 29.7 Å². The molecule has 0 aliphatic rings. The van der Waals surface area contributed by atoms with Gasteiger partial charge >= 0.3 is 0 Å². The monoisotopic (exact) mass is 302 g/mol. The van der Waals surface area contributed by atoms with Gasteiger partial charge in [0.2, 0.25) is 12.1 Å². The van der Waals surface area contributed by atoms with E-state index in [0.717, 1.165) is 5.82 Å². The van der Waals surface area contributed by atoms with E-state index < -0.39 is 0 Å². The molecule has 0 fully saturated rings. The van der Waals surface area contributed by atoms with E-state index in [2.05, 4.69) is 4.98 Å². The lowest BCUT2D eigenvalue weighted by atomic mass is 10.4. The van der Waals surface area contributed by atoms with Crippen molar-refractivity contribution in [1.29, 1.82) is 0 Å². The molecule has 2 N–H and O–H groups in total. The van der Waals surface area contributed by atoms with Gasteiger partial charge in [0.1, 0.15) is 12.4 Å². The average molecular weight is 302 g/mol. The molecule has 0 bridgehead atoms. The van der Waals surface area contributed by atoms with Crippen molar-refractivity contribution in [2.75, 3.05) is 5.73 Å². The van der Waals surface area contributed by atoms with Gasteiger partial charge in [0.05, 0.1) is 18.9 Å². The predicted octanol–water partition coefficient (Wildman–Crippen LogP) is -2.72. The molecule has 0 unspecified atom stereocenters. The maximum Gasteiger partial charge on any atom is 0.250 e.